The number of aromatic nitrogens is 4. The highest BCUT2D eigenvalue weighted by Gasteiger charge is 2.12. The quantitative estimate of drug-likeness (QED) is 0.569. The maximum Gasteiger partial charge on any atom is 0.194 e. The molecule has 0 saturated carbocycles. The summed E-state index contributed by atoms with van der Waals surface area (Å²) in [6, 6.07) is 14.4. The van der Waals surface area contributed by atoms with Crippen molar-refractivity contribution in [3.8, 4) is 17.2 Å². The number of tetrazole rings is 1. The number of hydrogen-bond acceptors (Lipinski definition) is 6. The van der Waals surface area contributed by atoms with E-state index in [4.69, 9.17) is 9.47 Å². The first-order chi connectivity index (χ1) is 13.6. The number of ether oxygens (including phenoxy) is 2. The maximum absolute atomic E-state index is 5.95. The number of aryl methyl sites for hydroxylation is 1. The van der Waals surface area contributed by atoms with Crippen LogP contribution in [0.25, 0.3) is 5.69 Å². The van der Waals surface area contributed by atoms with E-state index in [1.54, 1.807) is 11.8 Å². The van der Waals surface area contributed by atoms with Crippen molar-refractivity contribution in [2.75, 3.05) is 7.11 Å². The van der Waals surface area contributed by atoms with E-state index in [-0.39, 0.29) is 19.0 Å². The molecule has 0 aliphatic carbocycles. The molecule has 0 fully saturated rings. The molecule has 1 heterocycles. The second-order valence-electron chi connectivity index (χ2n) is 6.81. The first kappa shape index (κ1) is 22.6. The lowest BCUT2D eigenvalue weighted by Gasteiger charge is -2.14. The van der Waals surface area contributed by atoms with Gasteiger partial charge in [-0.3, -0.25) is 0 Å². The topological polar surface area (TPSA) is 74.1 Å². The molecule has 7 nitrogen and oxygen atoms in total. The number of halogens is 1. The Balaban J connectivity index is 0.00000300. The van der Waals surface area contributed by atoms with E-state index in [9.17, 15) is 0 Å². The molecule has 0 radical (unpaired) electrons. The molecule has 1 unspecified atom stereocenters. The van der Waals surface area contributed by atoms with Gasteiger partial charge in [-0.1, -0.05) is 30.7 Å². The average molecular weight is 418 g/mol. The molecule has 1 N–H and O–H groups in total. The van der Waals surface area contributed by atoms with Crippen LogP contribution in [0, 0.1) is 6.92 Å². The van der Waals surface area contributed by atoms with E-state index < -0.39 is 0 Å². The Morgan fingerprint density at radius 1 is 1.10 bits per heavy atom. The number of hydrogen-bond donors (Lipinski definition) is 1. The van der Waals surface area contributed by atoms with Gasteiger partial charge in [0, 0.05) is 12.6 Å². The van der Waals surface area contributed by atoms with Crippen LogP contribution in [0.1, 0.15) is 37.2 Å². The summed E-state index contributed by atoms with van der Waals surface area (Å²) in [7, 11) is 1.64. The molecular formula is C21H28ClN5O2. The average Bonchev–Trinajstić information content (AvgIpc) is 3.19. The third kappa shape index (κ3) is 5.92. The van der Waals surface area contributed by atoms with Crippen LogP contribution in [0.5, 0.6) is 11.5 Å². The van der Waals surface area contributed by atoms with Crippen molar-refractivity contribution in [3.63, 3.8) is 0 Å². The van der Waals surface area contributed by atoms with Crippen molar-refractivity contribution in [3.05, 3.63) is 59.4 Å². The highest BCUT2D eigenvalue weighted by atomic mass is 35.5. The fourth-order valence-electron chi connectivity index (χ4n) is 2.70. The minimum Gasteiger partial charge on any atom is -0.493 e. The Morgan fingerprint density at radius 2 is 1.86 bits per heavy atom. The molecule has 156 valence electrons. The van der Waals surface area contributed by atoms with Crippen LogP contribution in [0.15, 0.2) is 42.5 Å². The van der Waals surface area contributed by atoms with E-state index in [1.807, 2.05) is 49.4 Å². The maximum atomic E-state index is 5.95. The highest BCUT2D eigenvalue weighted by Crippen LogP contribution is 2.29. The van der Waals surface area contributed by atoms with Gasteiger partial charge in [0.25, 0.3) is 0 Å². The summed E-state index contributed by atoms with van der Waals surface area (Å²) in [5, 5.41) is 15.4. The Kier molecular flexibility index (Phi) is 8.42. The molecule has 0 amide bonds. The minimum absolute atomic E-state index is 0. The molecule has 29 heavy (non-hydrogen) atoms. The Hall–Kier alpha value is -2.64. The van der Waals surface area contributed by atoms with Crippen LogP contribution >= 0.6 is 12.4 Å². The fourth-order valence-corrected chi connectivity index (χ4v) is 2.70. The molecule has 3 rings (SSSR count). The Bertz CT molecular complexity index is 898. The van der Waals surface area contributed by atoms with Crippen molar-refractivity contribution in [1.82, 2.24) is 25.5 Å². The van der Waals surface area contributed by atoms with Crippen molar-refractivity contribution >= 4 is 12.4 Å². The van der Waals surface area contributed by atoms with Crippen molar-refractivity contribution < 1.29 is 9.47 Å². The van der Waals surface area contributed by atoms with Crippen LogP contribution in [-0.4, -0.2) is 33.4 Å². The van der Waals surface area contributed by atoms with Crippen molar-refractivity contribution in [2.24, 2.45) is 0 Å². The van der Waals surface area contributed by atoms with Crippen LogP contribution in [0.4, 0.5) is 0 Å². The summed E-state index contributed by atoms with van der Waals surface area (Å²) >= 11 is 0. The van der Waals surface area contributed by atoms with Gasteiger partial charge in [0.2, 0.25) is 0 Å². The van der Waals surface area contributed by atoms with Crippen LogP contribution < -0.4 is 14.8 Å². The molecule has 0 aliphatic heterocycles. The summed E-state index contributed by atoms with van der Waals surface area (Å²) in [4.78, 5) is 0. The smallest absolute Gasteiger partial charge is 0.194 e. The van der Waals surface area contributed by atoms with E-state index in [0.717, 1.165) is 24.2 Å². The Labute approximate surface area is 177 Å². The summed E-state index contributed by atoms with van der Waals surface area (Å²) < 4.78 is 13.1. The number of nitrogens with zero attached hydrogens (tertiary/aromatic N) is 4. The van der Waals surface area contributed by atoms with Crippen LogP contribution in [0.3, 0.4) is 0 Å². The number of nitrogens with one attached hydrogen (secondary N) is 1. The van der Waals surface area contributed by atoms with Gasteiger partial charge in [-0.15, -0.1) is 17.5 Å². The Morgan fingerprint density at radius 3 is 2.55 bits per heavy atom. The standard InChI is InChI=1S/C21H27N5O2.ClH/c1-5-16(3)22-13-17-8-11-19(20(12-17)27-4)28-14-21-23-24-25-26(21)18-9-6-15(2)7-10-18;/h6-12,16,22H,5,13-14H2,1-4H3;1H. The SMILES string of the molecule is CCC(C)NCc1ccc(OCc2nnnn2-c2ccc(C)cc2)c(OC)c1.Cl. The molecule has 1 aromatic heterocycles. The summed E-state index contributed by atoms with van der Waals surface area (Å²) in [6.07, 6.45) is 1.09. The van der Waals surface area contributed by atoms with Gasteiger partial charge >= 0.3 is 0 Å². The van der Waals surface area contributed by atoms with Crippen molar-refractivity contribution in [2.45, 2.75) is 46.4 Å². The first-order valence-corrected chi connectivity index (χ1v) is 9.48. The summed E-state index contributed by atoms with van der Waals surface area (Å²) in [5.41, 5.74) is 3.23. The number of rotatable bonds is 9. The number of benzene rings is 2. The molecule has 0 spiro atoms. The minimum atomic E-state index is 0. The van der Waals surface area contributed by atoms with Gasteiger partial charge in [-0.05, 0) is 60.5 Å². The largest absolute Gasteiger partial charge is 0.493 e. The van der Waals surface area contributed by atoms with Gasteiger partial charge in [-0.25, -0.2) is 0 Å². The third-order valence-corrected chi connectivity index (χ3v) is 4.66. The fraction of sp³-hybridized carbons (Fsp3) is 0.381. The first-order valence-electron chi connectivity index (χ1n) is 9.48. The predicted octanol–water partition coefficient (Wildman–Crippen LogP) is 3.87. The van der Waals surface area contributed by atoms with Crippen molar-refractivity contribution in [1.29, 1.82) is 0 Å². The van der Waals surface area contributed by atoms with Gasteiger partial charge in [0.1, 0.15) is 0 Å². The zero-order valence-corrected chi connectivity index (χ0v) is 18.1. The monoisotopic (exact) mass is 417 g/mol. The lowest BCUT2D eigenvalue weighted by atomic mass is 10.1. The van der Waals surface area contributed by atoms with E-state index in [0.29, 0.717) is 23.4 Å². The lowest BCUT2D eigenvalue weighted by molar-refractivity contribution is 0.273. The third-order valence-electron chi connectivity index (χ3n) is 4.66. The second kappa shape index (κ2) is 10.8. The normalized spacial score (nSPS) is 11.6. The summed E-state index contributed by atoms with van der Waals surface area (Å²) in [6.45, 7) is 7.41. The van der Waals surface area contributed by atoms with Crippen LogP contribution in [0.2, 0.25) is 0 Å². The predicted molar refractivity (Wildman–Crippen MR) is 115 cm³/mol. The molecule has 0 saturated heterocycles. The summed E-state index contributed by atoms with van der Waals surface area (Å²) in [5.74, 6) is 1.97. The molecule has 3 aromatic rings. The second-order valence-corrected chi connectivity index (χ2v) is 6.81. The number of methoxy groups -OCH3 is 1. The molecule has 1 atom stereocenters. The zero-order valence-electron chi connectivity index (χ0n) is 17.3. The molecule has 0 aliphatic rings. The van der Waals surface area contributed by atoms with Gasteiger partial charge in [-0.2, -0.15) is 4.68 Å². The molecular weight excluding hydrogens is 390 g/mol. The van der Waals surface area contributed by atoms with E-state index in [2.05, 4.69) is 34.7 Å². The van der Waals surface area contributed by atoms with E-state index >= 15 is 0 Å². The molecule has 8 heteroatoms. The highest BCUT2D eigenvalue weighted by molar-refractivity contribution is 5.85. The zero-order chi connectivity index (χ0) is 19.9. The van der Waals surface area contributed by atoms with Gasteiger partial charge < -0.3 is 14.8 Å². The van der Waals surface area contributed by atoms with Gasteiger partial charge in [0.05, 0.1) is 12.8 Å². The van der Waals surface area contributed by atoms with Gasteiger partial charge in [0.15, 0.2) is 23.9 Å². The lowest BCUT2D eigenvalue weighted by Crippen LogP contribution is -2.24. The molecule has 2 aromatic carbocycles. The van der Waals surface area contributed by atoms with E-state index in [1.165, 1.54) is 5.56 Å². The van der Waals surface area contributed by atoms with Crippen LogP contribution in [-0.2, 0) is 13.2 Å². The molecule has 0 bridgehead atoms.